The van der Waals surface area contributed by atoms with E-state index in [1.165, 1.54) is 10.9 Å². The van der Waals surface area contributed by atoms with Crippen molar-refractivity contribution in [2.45, 2.75) is 19.9 Å². The van der Waals surface area contributed by atoms with E-state index in [2.05, 4.69) is 44.4 Å². The molecular weight excluding hydrogens is 340 g/mol. The number of carbonyl (C=O) groups is 1. The topological polar surface area (TPSA) is 73.0 Å². The van der Waals surface area contributed by atoms with Crippen molar-refractivity contribution in [1.29, 1.82) is 0 Å². The Morgan fingerprint density at radius 3 is 2.70 bits per heavy atom. The fourth-order valence-electron chi connectivity index (χ4n) is 3.07. The van der Waals surface area contributed by atoms with Gasteiger partial charge in [-0.25, -0.2) is 0 Å². The van der Waals surface area contributed by atoms with Crippen molar-refractivity contribution in [3.63, 3.8) is 0 Å². The monoisotopic (exact) mass is 360 g/mol. The van der Waals surface area contributed by atoms with Crippen molar-refractivity contribution in [2.24, 2.45) is 0 Å². The molecule has 0 aliphatic heterocycles. The normalized spacial score (nSPS) is 11.0. The number of aromatic nitrogens is 3. The molecule has 0 unspecified atom stereocenters. The number of para-hydroxylation sites is 1. The minimum atomic E-state index is -0.0828. The van der Waals surface area contributed by atoms with Gasteiger partial charge in [-0.2, -0.15) is 4.98 Å². The first-order valence-electron chi connectivity index (χ1n) is 8.93. The lowest BCUT2D eigenvalue weighted by Crippen LogP contribution is -2.25. The van der Waals surface area contributed by atoms with E-state index in [-0.39, 0.29) is 5.91 Å². The molecule has 0 radical (unpaired) electrons. The Morgan fingerprint density at radius 2 is 1.93 bits per heavy atom. The van der Waals surface area contributed by atoms with Gasteiger partial charge in [0, 0.05) is 35.9 Å². The number of fused-ring (bicyclic) bond motifs is 1. The van der Waals surface area contributed by atoms with Crippen LogP contribution in [0.25, 0.3) is 22.4 Å². The molecule has 2 heterocycles. The molecule has 0 bridgehead atoms. The molecule has 4 rings (SSSR count). The van der Waals surface area contributed by atoms with Crippen LogP contribution in [-0.4, -0.2) is 27.2 Å². The summed E-state index contributed by atoms with van der Waals surface area (Å²) in [5.41, 5.74) is 2.63. The third-order valence-electron chi connectivity index (χ3n) is 4.46. The zero-order valence-electron chi connectivity index (χ0n) is 15.1. The van der Waals surface area contributed by atoms with Crippen molar-refractivity contribution >= 4 is 16.8 Å². The quantitative estimate of drug-likeness (QED) is 0.531. The summed E-state index contributed by atoms with van der Waals surface area (Å²) in [4.78, 5) is 16.5. The Morgan fingerprint density at radius 1 is 1.11 bits per heavy atom. The molecule has 2 aromatic heterocycles. The highest BCUT2D eigenvalue weighted by Gasteiger charge is 2.09. The van der Waals surface area contributed by atoms with E-state index in [1.54, 1.807) is 19.1 Å². The van der Waals surface area contributed by atoms with Gasteiger partial charge in [0.15, 0.2) is 5.82 Å². The maximum absolute atomic E-state index is 12.3. The third kappa shape index (κ3) is 3.74. The van der Waals surface area contributed by atoms with Crippen molar-refractivity contribution in [3.05, 3.63) is 72.2 Å². The van der Waals surface area contributed by atoms with E-state index >= 15 is 0 Å². The van der Waals surface area contributed by atoms with E-state index in [0.29, 0.717) is 23.8 Å². The highest BCUT2D eigenvalue weighted by molar-refractivity contribution is 5.94. The fraction of sp³-hybridized carbons (Fsp3) is 0.190. The molecule has 136 valence electrons. The van der Waals surface area contributed by atoms with Gasteiger partial charge < -0.3 is 14.4 Å². The molecule has 0 fully saturated rings. The van der Waals surface area contributed by atoms with Gasteiger partial charge >= 0.3 is 0 Å². The predicted molar refractivity (Wildman–Crippen MR) is 103 cm³/mol. The lowest BCUT2D eigenvalue weighted by Gasteiger charge is -2.08. The van der Waals surface area contributed by atoms with Crippen molar-refractivity contribution in [3.8, 4) is 11.5 Å². The lowest BCUT2D eigenvalue weighted by molar-refractivity contribution is 0.0953. The minimum absolute atomic E-state index is 0.0828. The Hall–Kier alpha value is -3.41. The highest BCUT2D eigenvalue weighted by Crippen LogP contribution is 2.18. The van der Waals surface area contributed by atoms with Gasteiger partial charge in [-0.3, -0.25) is 4.79 Å². The average Bonchev–Trinajstić information content (AvgIpc) is 3.32. The van der Waals surface area contributed by atoms with Gasteiger partial charge in [-0.15, -0.1) is 0 Å². The molecule has 0 spiro atoms. The van der Waals surface area contributed by atoms with Crippen molar-refractivity contribution < 1.29 is 9.32 Å². The summed E-state index contributed by atoms with van der Waals surface area (Å²) in [6.45, 7) is 3.25. The summed E-state index contributed by atoms with van der Waals surface area (Å²) in [6.07, 6.45) is 2.95. The molecule has 1 N–H and O–H groups in total. The largest absolute Gasteiger partial charge is 0.352 e. The van der Waals surface area contributed by atoms with Gasteiger partial charge in [0.2, 0.25) is 0 Å². The number of carbonyl (C=O) groups excluding carboxylic acids is 1. The van der Waals surface area contributed by atoms with Gasteiger partial charge in [-0.05, 0) is 55.1 Å². The predicted octanol–water partition coefficient (Wildman–Crippen LogP) is 3.82. The minimum Gasteiger partial charge on any atom is -0.352 e. The average molecular weight is 360 g/mol. The van der Waals surface area contributed by atoms with Crippen LogP contribution in [0.5, 0.6) is 0 Å². The molecule has 0 aliphatic rings. The SMILES string of the molecule is Cc1noc(-c2ccc(C(=O)NCCCn3ccc4ccccc43)cc2)n1. The molecule has 0 aliphatic carbocycles. The number of amides is 1. The lowest BCUT2D eigenvalue weighted by atomic mass is 10.1. The Labute approximate surface area is 156 Å². The molecular formula is C21H20N4O2. The molecule has 0 atom stereocenters. The molecule has 4 aromatic rings. The van der Waals surface area contributed by atoms with Crippen LogP contribution < -0.4 is 5.32 Å². The number of rotatable bonds is 6. The maximum atomic E-state index is 12.3. The van der Waals surface area contributed by atoms with Gasteiger partial charge in [-0.1, -0.05) is 23.4 Å². The first-order valence-corrected chi connectivity index (χ1v) is 8.93. The van der Waals surface area contributed by atoms with Crippen molar-refractivity contribution in [2.75, 3.05) is 6.54 Å². The third-order valence-corrected chi connectivity index (χ3v) is 4.46. The zero-order valence-corrected chi connectivity index (χ0v) is 15.1. The second-order valence-electron chi connectivity index (χ2n) is 6.40. The molecule has 27 heavy (non-hydrogen) atoms. The summed E-state index contributed by atoms with van der Waals surface area (Å²) < 4.78 is 7.34. The van der Waals surface area contributed by atoms with E-state index in [0.717, 1.165) is 18.5 Å². The second kappa shape index (κ2) is 7.45. The Balaban J connectivity index is 1.30. The molecule has 0 saturated heterocycles. The Kier molecular flexibility index (Phi) is 4.70. The standard InChI is InChI=1S/C21H20N4O2/c1-15-23-21(27-24-15)18-9-7-17(8-10-18)20(26)22-12-4-13-25-14-11-16-5-2-3-6-19(16)25/h2-3,5-11,14H,4,12-13H2,1H3,(H,22,26). The molecule has 6 nitrogen and oxygen atoms in total. The fourth-order valence-corrected chi connectivity index (χ4v) is 3.07. The number of nitrogens with zero attached hydrogens (tertiary/aromatic N) is 3. The van der Waals surface area contributed by atoms with E-state index in [4.69, 9.17) is 4.52 Å². The van der Waals surface area contributed by atoms with Crippen LogP contribution in [0.4, 0.5) is 0 Å². The first kappa shape index (κ1) is 17.0. The molecule has 0 saturated carbocycles. The number of hydrogen-bond acceptors (Lipinski definition) is 4. The highest BCUT2D eigenvalue weighted by atomic mass is 16.5. The summed E-state index contributed by atoms with van der Waals surface area (Å²) in [5, 5.41) is 7.98. The number of benzene rings is 2. The van der Waals surface area contributed by atoms with Crippen molar-refractivity contribution in [1.82, 2.24) is 20.0 Å². The second-order valence-corrected chi connectivity index (χ2v) is 6.40. The Bertz CT molecular complexity index is 1060. The van der Waals surface area contributed by atoms with Crippen LogP contribution in [-0.2, 0) is 6.54 Å². The smallest absolute Gasteiger partial charge is 0.257 e. The van der Waals surface area contributed by atoms with Crippen LogP contribution in [0.15, 0.2) is 65.3 Å². The molecule has 1 amide bonds. The molecule has 6 heteroatoms. The summed E-state index contributed by atoms with van der Waals surface area (Å²) in [6, 6.07) is 17.6. The van der Waals surface area contributed by atoms with E-state index in [1.807, 2.05) is 24.3 Å². The zero-order chi connectivity index (χ0) is 18.6. The van der Waals surface area contributed by atoms with Crippen LogP contribution in [0, 0.1) is 6.92 Å². The summed E-state index contributed by atoms with van der Waals surface area (Å²) >= 11 is 0. The van der Waals surface area contributed by atoms with Crippen LogP contribution in [0.1, 0.15) is 22.6 Å². The van der Waals surface area contributed by atoms with E-state index in [9.17, 15) is 4.79 Å². The maximum Gasteiger partial charge on any atom is 0.257 e. The van der Waals surface area contributed by atoms with Crippen LogP contribution >= 0.6 is 0 Å². The van der Waals surface area contributed by atoms with Gasteiger partial charge in [0.05, 0.1) is 0 Å². The first-order chi connectivity index (χ1) is 13.2. The van der Waals surface area contributed by atoms with Gasteiger partial charge in [0.25, 0.3) is 11.8 Å². The molecule has 2 aromatic carbocycles. The number of nitrogens with one attached hydrogen (secondary N) is 1. The van der Waals surface area contributed by atoms with E-state index < -0.39 is 0 Å². The van der Waals surface area contributed by atoms with Crippen LogP contribution in [0.3, 0.4) is 0 Å². The van der Waals surface area contributed by atoms with Gasteiger partial charge in [0.1, 0.15) is 0 Å². The summed E-state index contributed by atoms with van der Waals surface area (Å²) in [5.74, 6) is 0.960. The van der Waals surface area contributed by atoms with Crippen LogP contribution in [0.2, 0.25) is 0 Å². The number of hydrogen-bond donors (Lipinski definition) is 1. The summed E-state index contributed by atoms with van der Waals surface area (Å²) in [7, 11) is 0. The number of aryl methyl sites for hydroxylation is 2.